The van der Waals surface area contributed by atoms with Crippen LogP contribution in [0.25, 0.3) is 0 Å². The molecule has 7 nitrogen and oxygen atoms in total. The van der Waals surface area contributed by atoms with Crippen molar-refractivity contribution >= 4 is 6.09 Å². The Hall–Kier alpha value is -1.84. The number of carbonyl (C=O) groups is 1. The monoisotopic (exact) mass is 388 g/mol. The van der Waals surface area contributed by atoms with E-state index in [1.807, 2.05) is 20.8 Å². The molecule has 0 saturated heterocycles. The van der Waals surface area contributed by atoms with Crippen LogP contribution in [-0.4, -0.2) is 44.7 Å². The lowest BCUT2D eigenvalue weighted by Crippen LogP contribution is -2.77. The molecule has 0 unspecified atom stereocenters. The van der Waals surface area contributed by atoms with E-state index in [2.05, 4.69) is 20.4 Å². The average molecular weight is 388 g/mol. The molecule has 150 valence electrons. The fourth-order valence-electron chi connectivity index (χ4n) is 4.63. The van der Waals surface area contributed by atoms with Gasteiger partial charge < -0.3 is 10.1 Å². The summed E-state index contributed by atoms with van der Waals surface area (Å²) in [4.78, 5) is 12.0. The van der Waals surface area contributed by atoms with Crippen LogP contribution in [0, 0.1) is 0 Å². The number of carbonyl (C=O) groups excluding carboxylic acids is 1. The Morgan fingerprint density at radius 2 is 1.89 bits per heavy atom. The summed E-state index contributed by atoms with van der Waals surface area (Å²) in [5, 5.41) is 11.0. The maximum atomic E-state index is 12.3. The molecule has 1 heterocycles. The first-order chi connectivity index (χ1) is 12.4. The maximum Gasteiger partial charge on any atom is 0.522 e. The van der Waals surface area contributed by atoms with Gasteiger partial charge in [0, 0.05) is 11.0 Å². The highest BCUT2D eigenvalue weighted by atomic mass is 19.4. The Balaban J connectivity index is 1.33. The number of hydrogen-bond donors (Lipinski definition) is 1. The van der Waals surface area contributed by atoms with E-state index in [4.69, 9.17) is 4.74 Å². The number of alkyl halides is 3. The number of aromatic nitrogens is 3. The molecule has 0 atom stereocenters. The summed E-state index contributed by atoms with van der Waals surface area (Å²) < 4.78 is 48.0. The van der Waals surface area contributed by atoms with E-state index in [1.54, 1.807) is 10.9 Å². The summed E-state index contributed by atoms with van der Waals surface area (Å²) in [5.74, 6) is 0. The highest BCUT2D eigenvalue weighted by molar-refractivity contribution is 5.70. The van der Waals surface area contributed by atoms with Gasteiger partial charge in [-0.1, -0.05) is 5.21 Å². The number of hydrogen-bond acceptors (Lipinski definition) is 5. The highest BCUT2D eigenvalue weighted by Crippen LogP contribution is 2.68. The highest BCUT2D eigenvalue weighted by Gasteiger charge is 2.71. The average Bonchev–Trinajstić information content (AvgIpc) is 2.81. The zero-order chi connectivity index (χ0) is 19.7. The molecule has 4 aliphatic rings. The third kappa shape index (κ3) is 3.39. The van der Waals surface area contributed by atoms with Gasteiger partial charge in [0.05, 0.1) is 24.0 Å². The van der Waals surface area contributed by atoms with Gasteiger partial charge in [0.25, 0.3) is 0 Å². The molecular weight excluding hydrogens is 365 g/mol. The number of nitrogens with zero attached hydrogens (tertiary/aromatic N) is 3. The van der Waals surface area contributed by atoms with Gasteiger partial charge in [-0.2, -0.15) is 0 Å². The summed E-state index contributed by atoms with van der Waals surface area (Å²) in [5.41, 5.74) is 0.0337. The minimum atomic E-state index is -4.60. The molecule has 27 heavy (non-hydrogen) atoms. The van der Waals surface area contributed by atoms with Gasteiger partial charge in [-0.05, 0) is 52.9 Å². The molecule has 4 aliphatic carbocycles. The fourth-order valence-corrected chi connectivity index (χ4v) is 4.63. The van der Waals surface area contributed by atoms with Crippen LogP contribution < -0.4 is 5.32 Å². The summed E-state index contributed by atoms with van der Waals surface area (Å²) in [7, 11) is 0. The van der Waals surface area contributed by atoms with Crippen molar-refractivity contribution in [3.63, 3.8) is 0 Å². The number of halogens is 3. The van der Waals surface area contributed by atoms with Crippen molar-refractivity contribution in [2.45, 2.75) is 87.9 Å². The Labute approximate surface area is 154 Å². The number of rotatable bonds is 4. The first-order valence-corrected chi connectivity index (χ1v) is 9.05. The molecule has 10 heteroatoms. The van der Waals surface area contributed by atoms with E-state index in [-0.39, 0.29) is 29.8 Å². The van der Waals surface area contributed by atoms with E-state index in [0.717, 1.165) is 25.0 Å². The molecule has 4 fully saturated rings. The minimum absolute atomic E-state index is 0.103. The fraction of sp³-hybridized carbons (Fsp3) is 0.824. The van der Waals surface area contributed by atoms with Crippen molar-refractivity contribution in [2.24, 2.45) is 0 Å². The van der Waals surface area contributed by atoms with Crippen LogP contribution in [0.5, 0.6) is 0 Å². The number of alkyl carbamates (subject to hydrolysis) is 1. The van der Waals surface area contributed by atoms with Gasteiger partial charge >= 0.3 is 12.5 Å². The Morgan fingerprint density at radius 1 is 1.26 bits per heavy atom. The lowest BCUT2D eigenvalue weighted by Gasteiger charge is -2.70. The summed E-state index contributed by atoms with van der Waals surface area (Å²) in [6.45, 7) is 5.44. The Kier molecular flexibility index (Phi) is 3.83. The first-order valence-electron chi connectivity index (χ1n) is 9.05. The molecule has 1 N–H and O–H groups in total. The van der Waals surface area contributed by atoms with Crippen molar-refractivity contribution in [3.05, 3.63) is 11.9 Å². The normalized spacial score (nSPS) is 34.9. The number of amides is 1. The van der Waals surface area contributed by atoms with Crippen LogP contribution in [0.15, 0.2) is 6.20 Å². The largest absolute Gasteiger partial charge is 0.522 e. The zero-order valence-corrected chi connectivity index (χ0v) is 15.5. The second-order valence-electron chi connectivity index (χ2n) is 9.09. The molecule has 1 aromatic heterocycles. The van der Waals surface area contributed by atoms with Crippen molar-refractivity contribution in [1.29, 1.82) is 0 Å². The molecular formula is C17H23F3N4O3. The van der Waals surface area contributed by atoms with E-state index in [9.17, 15) is 18.0 Å². The maximum absolute atomic E-state index is 12.3. The van der Waals surface area contributed by atoms with E-state index in [0.29, 0.717) is 0 Å². The Bertz CT molecular complexity index is 730. The first kappa shape index (κ1) is 18.5. The summed E-state index contributed by atoms with van der Waals surface area (Å²) in [6, 6.07) is -0.126. The van der Waals surface area contributed by atoms with Crippen LogP contribution in [0.3, 0.4) is 0 Å². The van der Waals surface area contributed by atoms with Gasteiger partial charge in [-0.3, -0.25) is 4.74 Å². The van der Waals surface area contributed by atoms with E-state index in [1.165, 1.54) is 0 Å². The third-order valence-corrected chi connectivity index (χ3v) is 5.63. The molecule has 1 aromatic rings. The molecule has 4 saturated carbocycles. The molecule has 0 aromatic carbocycles. The Morgan fingerprint density at radius 3 is 2.44 bits per heavy atom. The molecule has 5 rings (SSSR count). The van der Waals surface area contributed by atoms with Gasteiger partial charge in [0.15, 0.2) is 0 Å². The second kappa shape index (κ2) is 5.59. The zero-order valence-electron chi connectivity index (χ0n) is 15.5. The van der Waals surface area contributed by atoms with Gasteiger partial charge in [-0.25, -0.2) is 9.48 Å². The minimum Gasteiger partial charge on any atom is -0.444 e. The predicted molar refractivity (Wildman–Crippen MR) is 86.9 cm³/mol. The number of ether oxygens (including phenoxy) is 2. The predicted octanol–water partition coefficient (Wildman–Crippen LogP) is 3.22. The van der Waals surface area contributed by atoms with Crippen LogP contribution in [-0.2, 0) is 14.9 Å². The van der Waals surface area contributed by atoms with Crippen molar-refractivity contribution < 1.29 is 27.4 Å². The quantitative estimate of drug-likeness (QED) is 0.857. The smallest absolute Gasteiger partial charge is 0.444 e. The lowest BCUT2D eigenvalue weighted by atomic mass is 9.38. The van der Waals surface area contributed by atoms with Crippen LogP contribution >= 0.6 is 0 Å². The van der Waals surface area contributed by atoms with E-state index < -0.39 is 24.2 Å². The van der Waals surface area contributed by atoms with E-state index >= 15 is 0 Å². The summed E-state index contributed by atoms with van der Waals surface area (Å²) in [6.07, 6.45) is -1.32. The lowest BCUT2D eigenvalue weighted by molar-refractivity contribution is -0.353. The molecule has 0 radical (unpaired) electrons. The SMILES string of the molecule is CC(C)(C)OC(=O)NC12CC(c3cnnn3C3CC(OC(F)(F)F)C3)(C1)C2. The third-order valence-electron chi connectivity index (χ3n) is 5.63. The van der Waals surface area contributed by atoms with Crippen molar-refractivity contribution in [1.82, 2.24) is 20.3 Å². The molecule has 2 bridgehead atoms. The topological polar surface area (TPSA) is 78.3 Å². The van der Waals surface area contributed by atoms with Crippen LogP contribution in [0.4, 0.5) is 18.0 Å². The molecule has 0 spiro atoms. The molecule has 0 aliphatic heterocycles. The van der Waals surface area contributed by atoms with Crippen molar-refractivity contribution in [3.8, 4) is 0 Å². The number of nitrogens with one attached hydrogen (secondary N) is 1. The van der Waals surface area contributed by atoms with Gasteiger partial charge in [-0.15, -0.1) is 18.3 Å². The van der Waals surface area contributed by atoms with Gasteiger partial charge in [0.1, 0.15) is 5.60 Å². The van der Waals surface area contributed by atoms with Crippen molar-refractivity contribution in [2.75, 3.05) is 0 Å². The second-order valence-corrected chi connectivity index (χ2v) is 9.09. The van der Waals surface area contributed by atoms with Crippen LogP contribution in [0.1, 0.15) is 64.6 Å². The standard InChI is InChI=1S/C17H23F3N4O3/c1-14(2,3)27-13(25)22-16-7-15(8-16,9-16)12-6-21-23-24(12)10-4-11(5-10)26-17(18,19)20/h6,10-11H,4-5,7-9H2,1-3H3,(H,22,25). The van der Waals surface area contributed by atoms with Gasteiger partial charge in [0.2, 0.25) is 0 Å². The molecule has 1 amide bonds. The van der Waals surface area contributed by atoms with Crippen LogP contribution in [0.2, 0.25) is 0 Å². The summed E-state index contributed by atoms with van der Waals surface area (Å²) >= 11 is 0.